The van der Waals surface area contributed by atoms with Gasteiger partial charge in [-0.1, -0.05) is 19.9 Å². The summed E-state index contributed by atoms with van der Waals surface area (Å²) in [7, 11) is 0. The van der Waals surface area contributed by atoms with Crippen LogP contribution >= 0.6 is 0 Å². The molecule has 3 saturated carbocycles. The average Bonchev–Trinajstić information content (AvgIpc) is 3.59. The summed E-state index contributed by atoms with van der Waals surface area (Å²) in [4.78, 5) is 28.3. The van der Waals surface area contributed by atoms with Gasteiger partial charge < -0.3 is 10.2 Å². The second-order valence-electron chi connectivity index (χ2n) is 12.4. The number of allylic oxidation sites excluding steroid dienone is 2. The lowest BCUT2D eigenvalue weighted by Gasteiger charge is -2.58. The van der Waals surface area contributed by atoms with E-state index in [0.29, 0.717) is 41.8 Å². The number of likely N-dealkylation sites (tertiary alicyclic amines) is 1. The fourth-order valence-electron chi connectivity index (χ4n) is 8.52. The van der Waals surface area contributed by atoms with E-state index in [-0.39, 0.29) is 22.7 Å². The van der Waals surface area contributed by atoms with Gasteiger partial charge in [-0.05, 0) is 98.8 Å². The SMILES string of the molecule is C[C@]12CC[C@H]3[C@@H](CC=C4N(C5CC5)C(=O)CC[C@@]43C)[C@@H]1CC[C@@H]2C(=O)Nc1ccc(C(F)(F)F)cc1. The van der Waals surface area contributed by atoms with Crippen molar-refractivity contribution in [2.24, 2.45) is 34.5 Å². The van der Waals surface area contributed by atoms with Crippen molar-refractivity contribution >= 4 is 17.5 Å². The van der Waals surface area contributed by atoms with Gasteiger partial charge in [0.1, 0.15) is 0 Å². The van der Waals surface area contributed by atoms with Gasteiger partial charge in [0.25, 0.3) is 0 Å². The molecule has 1 aliphatic heterocycles. The molecule has 4 fully saturated rings. The molecule has 0 aromatic heterocycles. The first-order chi connectivity index (χ1) is 17.0. The fraction of sp³-hybridized carbons (Fsp3) is 0.655. The van der Waals surface area contributed by atoms with Gasteiger partial charge in [0, 0.05) is 35.2 Å². The number of alkyl halides is 3. The third-order valence-corrected chi connectivity index (χ3v) is 10.5. The van der Waals surface area contributed by atoms with E-state index in [1.165, 1.54) is 17.8 Å². The van der Waals surface area contributed by atoms with Crippen molar-refractivity contribution in [2.75, 3.05) is 5.32 Å². The number of halogens is 3. The van der Waals surface area contributed by atoms with E-state index in [2.05, 4.69) is 30.1 Å². The summed E-state index contributed by atoms with van der Waals surface area (Å²) in [5.41, 5.74) is 0.898. The van der Waals surface area contributed by atoms with Crippen molar-refractivity contribution in [1.82, 2.24) is 4.90 Å². The lowest BCUT2D eigenvalue weighted by atomic mass is 9.49. The highest BCUT2D eigenvalue weighted by Gasteiger charge is 2.61. The predicted octanol–water partition coefficient (Wildman–Crippen LogP) is 6.78. The summed E-state index contributed by atoms with van der Waals surface area (Å²) in [5, 5.41) is 2.91. The van der Waals surface area contributed by atoms with E-state index in [9.17, 15) is 22.8 Å². The molecule has 1 N–H and O–H groups in total. The quantitative estimate of drug-likeness (QED) is 0.497. The van der Waals surface area contributed by atoms with Crippen LogP contribution in [0.25, 0.3) is 0 Å². The number of piperidine rings is 1. The smallest absolute Gasteiger partial charge is 0.326 e. The maximum Gasteiger partial charge on any atom is 0.416 e. The van der Waals surface area contributed by atoms with Gasteiger partial charge in [-0.2, -0.15) is 13.2 Å². The van der Waals surface area contributed by atoms with Crippen LogP contribution in [0.2, 0.25) is 0 Å². The first-order valence-electron chi connectivity index (χ1n) is 13.5. The molecule has 4 aliphatic carbocycles. The van der Waals surface area contributed by atoms with Crippen LogP contribution in [-0.2, 0) is 15.8 Å². The molecule has 1 aromatic carbocycles. The van der Waals surface area contributed by atoms with E-state index in [1.54, 1.807) is 0 Å². The van der Waals surface area contributed by atoms with Crippen LogP contribution in [0.1, 0.15) is 77.2 Å². The van der Waals surface area contributed by atoms with E-state index in [1.807, 2.05) is 0 Å². The number of nitrogens with one attached hydrogen (secondary N) is 1. The van der Waals surface area contributed by atoms with Crippen LogP contribution in [0.15, 0.2) is 36.0 Å². The van der Waals surface area contributed by atoms with Crippen LogP contribution in [0.4, 0.5) is 18.9 Å². The summed E-state index contributed by atoms with van der Waals surface area (Å²) in [6, 6.07) is 5.13. The average molecular weight is 501 g/mol. The van der Waals surface area contributed by atoms with Gasteiger partial charge in [0.2, 0.25) is 11.8 Å². The Morgan fingerprint density at radius 2 is 1.72 bits per heavy atom. The molecule has 194 valence electrons. The Labute approximate surface area is 210 Å². The number of amides is 2. The minimum atomic E-state index is -4.39. The molecule has 5 aliphatic rings. The van der Waals surface area contributed by atoms with Gasteiger partial charge in [-0.15, -0.1) is 0 Å². The Bertz CT molecular complexity index is 1110. The first kappa shape index (κ1) is 24.1. The molecule has 2 amide bonds. The highest BCUT2D eigenvalue weighted by atomic mass is 19.4. The molecule has 36 heavy (non-hydrogen) atoms. The second kappa shape index (κ2) is 8.09. The number of benzene rings is 1. The number of hydrogen-bond acceptors (Lipinski definition) is 2. The Morgan fingerprint density at radius 1 is 1.00 bits per heavy atom. The zero-order valence-electron chi connectivity index (χ0n) is 21.0. The van der Waals surface area contributed by atoms with Crippen molar-refractivity contribution in [2.45, 2.75) is 83.9 Å². The van der Waals surface area contributed by atoms with Crippen molar-refractivity contribution in [3.05, 3.63) is 41.6 Å². The Morgan fingerprint density at radius 3 is 2.39 bits per heavy atom. The van der Waals surface area contributed by atoms with Crippen LogP contribution in [0.3, 0.4) is 0 Å². The van der Waals surface area contributed by atoms with Gasteiger partial charge in [-0.3, -0.25) is 9.59 Å². The lowest BCUT2D eigenvalue weighted by molar-refractivity contribution is -0.139. The maximum atomic E-state index is 13.4. The number of fused-ring (bicyclic) bond motifs is 5. The Hall–Kier alpha value is -2.31. The van der Waals surface area contributed by atoms with E-state index in [4.69, 9.17) is 0 Å². The molecule has 0 spiro atoms. The number of hydrogen-bond donors (Lipinski definition) is 1. The Balaban J connectivity index is 1.21. The number of nitrogens with zero attached hydrogens (tertiary/aromatic N) is 1. The summed E-state index contributed by atoms with van der Waals surface area (Å²) < 4.78 is 38.7. The fourth-order valence-corrected chi connectivity index (χ4v) is 8.52. The van der Waals surface area contributed by atoms with Crippen molar-refractivity contribution in [3.63, 3.8) is 0 Å². The van der Waals surface area contributed by atoms with Crippen LogP contribution in [0.5, 0.6) is 0 Å². The molecular weight excluding hydrogens is 465 g/mol. The molecule has 7 heteroatoms. The number of carbonyl (C=O) groups is 2. The molecule has 0 unspecified atom stereocenters. The summed E-state index contributed by atoms with van der Waals surface area (Å²) in [6.45, 7) is 4.64. The van der Waals surface area contributed by atoms with Gasteiger partial charge in [0.15, 0.2) is 0 Å². The van der Waals surface area contributed by atoms with Gasteiger partial charge >= 0.3 is 6.18 Å². The molecule has 6 atom stereocenters. The highest BCUT2D eigenvalue weighted by Crippen LogP contribution is 2.66. The summed E-state index contributed by atoms with van der Waals surface area (Å²) in [5.74, 6) is 1.57. The molecule has 0 bridgehead atoms. The highest BCUT2D eigenvalue weighted by molar-refractivity contribution is 5.93. The Kier molecular flexibility index (Phi) is 5.41. The maximum absolute atomic E-state index is 13.4. The molecule has 6 rings (SSSR count). The third-order valence-electron chi connectivity index (χ3n) is 10.5. The monoisotopic (exact) mass is 500 g/mol. The first-order valence-corrected chi connectivity index (χ1v) is 13.5. The topological polar surface area (TPSA) is 49.4 Å². The van der Waals surface area contributed by atoms with E-state index >= 15 is 0 Å². The minimum Gasteiger partial charge on any atom is -0.326 e. The lowest BCUT2D eigenvalue weighted by Crippen LogP contribution is -2.55. The third kappa shape index (κ3) is 3.63. The van der Waals surface area contributed by atoms with Crippen LogP contribution < -0.4 is 5.32 Å². The normalized spacial score (nSPS) is 38.1. The van der Waals surface area contributed by atoms with Crippen molar-refractivity contribution in [1.29, 1.82) is 0 Å². The predicted molar refractivity (Wildman–Crippen MR) is 131 cm³/mol. The van der Waals surface area contributed by atoms with E-state index in [0.717, 1.165) is 63.5 Å². The van der Waals surface area contributed by atoms with Crippen molar-refractivity contribution in [3.8, 4) is 0 Å². The minimum absolute atomic E-state index is 0.0291. The molecular formula is C29H35F3N2O2. The van der Waals surface area contributed by atoms with E-state index < -0.39 is 11.7 Å². The molecule has 1 aromatic rings. The second-order valence-corrected chi connectivity index (χ2v) is 12.4. The molecule has 1 heterocycles. The zero-order chi connectivity index (χ0) is 25.5. The van der Waals surface area contributed by atoms with Crippen molar-refractivity contribution < 1.29 is 22.8 Å². The standard InChI is InChI=1S/C29H35F3N2O2/c1-27-15-13-22-20(9-12-24-28(22,2)16-14-25(35)34(24)19-7-8-19)21(27)10-11-23(27)26(36)33-18-5-3-17(4-6-18)29(30,31)32/h3-6,12,19-23H,7-11,13-16H2,1-2H3,(H,33,36)/t20-,21-,22-,23+,27-,28+/m0/s1. The zero-order valence-corrected chi connectivity index (χ0v) is 21.0. The van der Waals surface area contributed by atoms with Crippen LogP contribution in [0, 0.1) is 34.5 Å². The largest absolute Gasteiger partial charge is 0.416 e. The number of anilines is 1. The van der Waals surface area contributed by atoms with Gasteiger partial charge in [-0.25, -0.2) is 0 Å². The summed E-state index contributed by atoms with van der Waals surface area (Å²) >= 11 is 0. The molecule has 0 radical (unpaired) electrons. The van der Waals surface area contributed by atoms with Gasteiger partial charge in [0.05, 0.1) is 5.56 Å². The van der Waals surface area contributed by atoms with Crippen LogP contribution in [-0.4, -0.2) is 22.8 Å². The number of carbonyl (C=O) groups excluding carboxylic acids is 2. The molecule has 4 nitrogen and oxygen atoms in total. The molecule has 1 saturated heterocycles. The summed E-state index contributed by atoms with van der Waals surface area (Å²) in [6.07, 6.45) is 6.58. The number of rotatable bonds is 3.